The Morgan fingerprint density at radius 2 is 1.81 bits per heavy atom. The zero-order valence-electron chi connectivity index (χ0n) is 10.6. The second-order valence-corrected chi connectivity index (χ2v) is 6.99. The van der Waals surface area contributed by atoms with Gasteiger partial charge in [0.15, 0.2) is 0 Å². The molecule has 0 saturated carbocycles. The Bertz CT molecular complexity index is 339. The number of nitrogens with two attached hydrogens (primary N) is 1. The number of sulfonamides is 1. The minimum atomic E-state index is -3.43. The number of nitrogens with zero attached hydrogens (tertiary/aromatic N) is 1. The maximum Gasteiger partial charge on any atom is 0.223 e. The van der Waals surface area contributed by atoms with Gasteiger partial charge in [-0.05, 0) is 19.3 Å². The molecule has 0 fully saturated rings. The number of hydrogen-bond donors (Lipinski definition) is 1. The van der Waals surface area contributed by atoms with Crippen LogP contribution in [0.2, 0.25) is 0 Å². The van der Waals surface area contributed by atoms with Gasteiger partial charge >= 0.3 is 0 Å². The van der Waals surface area contributed by atoms with Crippen LogP contribution in [-0.2, 0) is 10.0 Å². The summed E-state index contributed by atoms with van der Waals surface area (Å²) in [6.07, 6.45) is 0.410. The first-order valence-electron chi connectivity index (χ1n) is 5.42. The maximum absolute atomic E-state index is 12.2. The van der Waals surface area contributed by atoms with Gasteiger partial charge in [0.05, 0.1) is 4.99 Å². The molecular formula is C10H22N2O2S2. The zero-order chi connectivity index (χ0) is 13.1. The van der Waals surface area contributed by atoms with Crippen molar-refractivity contribution in [3.05, 3.63) is 0 Å². The van der Waals surface area contributed by atoms with Crippen molar-refractivity contribution < 1.29 is 8.42 Å². The van der Waals surface area contributed by atoms with E-state index in [9.17, 15) is 8.42 Å². The summed E-state index contributed by atoms with van der Waals surface area (Å²) in [6.45, 7) is 7.63. The Balaban J connectivity index is 5.12. The van der Waals surface area contributed by atoms with Crippen molar-refractivity contribution in [3.63, 3.8) is 0 Å². The van der Waals surface area contributed by atoms with Crippen LogP contribution >= 0.6 is 12.2 Å². The Hall–Kier alpha value is -0.200. The third-order valence-electron chi connectivity index (χ3n) is 2.99. The largest absolute Gasteiger partial charge is 0.392 e. The minimum Gasteiger partial charge on any atom is -0.392 e. The summed E-state index contributed by atoms with van der Waals surface area (Å²) in [5.74, 6) is 0.253. The van der Waals surface area contributed by atoms with Gasteiger partial charge in [-0.3, -0.25) is 0 Å². The van der Waals surface area contributed by atoms with E-state index in [1.807, 2.05) is 20.8 Å². The van der Waals surface area contributed by atoms with Gasteiger partial charge in [0.25, 0.3) is 0 Å². The summed E-state index contributed by atoms with van der Waals surface area (Å²) in [5.41, 5.74) is 5.47. The minimum absolute atomic E-state index is 0.0466. The Kier molecular flexibility index (Phi) is 5.86. The highest BCUT2D eigenvalue weighted by molar-refractivity contribution is 7.92. The van der Waals surface area contributed by atoms with E-state index < -0.39 is 15.3 Å². The third kappa shape index (κ3) is 3.40. The fourth-order valence-corrected chi connectivity index (χ4v) is 3.77. The molecule has 0 aliphatic heterocycles. The molecule has 96 valence electrons. The van der Waals surface area contributed by atoms with Gasteiger partial charge in [-0.25, -0.2) is 12.7 Å². The van der Waals surface area contributed by atoms with Crippen molar-refractivity contribution in [1.29, 1.82) is 0 Å². The Morgan fingerprint density at radius 1 is 1.38 bits per heavy atom. The third-order valence-corrected chi connectivity index (χ3v) is 5.86. The van der Waals surface area contributed by atoms with E-state index in [1.165, 1.54) is 4.31 Å². The molecule has 0 spiro atoms. The molecule has 0 aromatic rings. The molecular weight excluding hydrogens is 244 g/mol. The summed E-state index contributed by atoms with van der Waals surface area (Å²) in [4.78, 5) is 0.0466. The first-order chi connectivity index (χ1) is 7.16. The van der Waals surface area contributed by atoms with Crippen molar-refractivity contribution in [3.8, 4) is 0 Å². The maximum atomic E-state index is 12.2. The van der Waals surface area contributed by atoms with Gasteiger partial charge in [-0.15, -0.1) is 0 Å². The molecule has 0 rings (SSSR count). The second kappa shape index (κ2) is 5.93. The molecule has 0 aromatic carbocycles. The van der Waals surface area contributed by atoms with Crippen LogP contribution < -0.4 is 5.73 Å². The van der Waals surface area contributed by atoms with E-state index in [1.54, 1.807) is 14.0 Å². The van der Waals surface area contributed by atoms with Crippen molar-refractivity contribution in [2.75, 3.05) is 7.05 Å². The lowest BCUT2D eigenvalue weighted by Crippen LogP contribution is -2.47. The predicted molar refractivity (Wildman–Crippen MR) is 71.8 cm³/mol. The van der Waals surface area contributed by atoms with Crippen molar-refractivity contribution in [1.82, 2.24) is 4.31 Å². The monoisotopic (exact) mass is 266 g/mol. The first-order valence-corrected chi connectivity index (χ1v) is 7.33. The molecule has 2 N–H and O–H groups in total. The Morgan fingerprint density at radius 3 is 2.06 bits per heavy atom. The van der Waals surface area contributed by atoms with Crippen LogP contribution in [0.5, 0.6) is 0 Å². The fraction of sp³-hybridized carbons (Fsp3) is 0.900. The van der Waals surface area contributed by atoms with Crippen LogP contribution in [0.4, 0.5) is 0 Å². The molecule has 2 unspecified atom stereocenters. The second-order valence-electron chi connectivity index (χ2n) is 4.35. The molecule has 0 saturated heterocycles. The SMILES string of the molecule is CCC(C(N)=S)S(=O)(=O)N(C)C(C)C(C)C. The molecule has 16 heavy (non-hydrogen) atoms. The molecule has 2 atom stereocenters. The van der Waals surface area contributed by atoms with Crippen molar-refractivity contribution in [2.24, 2.45) is 11.7 Å². The lowest BCUT2D eigenvalue weighted by atomic mass is 10.1. The number of hydrogen-bond acceptors (Lipinski definition) is 3. The quantitative estimate of drug-likeness (QED) is 0.737. The average Bonchev–Trinajstić information content (AvgIpc) is 2.15. The zero-order valence-corrected chi connectivity index (χ0v) is 12.2. The van der Waals surface area contributed by atoms with Gasteiger partial charge < -0.3 is 5.73 Å². The van der Waals surface area contributed by atoms with Gasteiger partial charge in [-0.1, -0.05) is 33.0 Å². The molecule has 0 radical (unpaired) electrons. The highest BCUT2D eigenvalue weighted by Crippen LogP contribution is 2.18. The molecule has 0 aliphatic carbocycles. The van der Waals surface area contributed by atoms with E-state index >= 15 is 0 Å². The molecule has 4 nitrogen and oxygen atoms in total. The lowest BCUT2D eigenvalue weighted by molar-refractivity contribution is 0.314. The number of thiocarbonyl (C=S) groups is 1. The Labute approximate surface area is 104 Å². The van der Waals surface area contributed by atoms with E-state index in [4.69, 9.17) is 18.0 Å². The topological polar surface area (TPSA) is 63.4 Å². The van der Waals surface area contributed by atoms with Crippen molar-refractivity contribution >= 4 is 27.2 Å². The average molecular weight is 266 g/mol. The summed E-state index contributed by atoms with van der Waals surface area (Å²) in [6, 6.07) is -0.0617. The van der Waals surface area contributed by atoms with Gasteiger partial charge in [-0.2, -0.15) is 0 Å². The van der Waals surface area contributed by atoms with E-state index in [2.05, 4.69) is 0 Å². The van der Waals surface area contributed by atoms with Crippen LogP contribution in [0.25, 0.3) is 0 Å². The first kappa shape index (κ1) is 15.8. The highest BCUT2D eigenvalue weighted by atomic mass is 32.2. The van der Waals surface area contributed by atoms with Crippen LogP contribution in [-0.4, -0.2) is 36.1 Å². The van der Waals surface area contributed by atoms with E-state index in [0.29, 0.717) is 6.42 Å². The molecule has 6 heteroatoms. The van der Waals surface area contributed by atoms with E-state index in [-0.39, 0.29) is 16.9 Å². The molecule has 0 heterocycles. The predicted octanol–water partition coefficient (Wildman–Crippen LogP) is 1.36. The van der Waals surface area contributed by atoms with Crippen LogP contribution in [0.1, 0.15) is 34.1 Å². The fourth-order valence-electron chi connectivity index (χ4n) is 1.41. The van der Waals surface area contributed by atoms with Gasteiger partial charge in [0, 0.05) is 13.1 Å². The summed E-state index contributed by atoms with van der Waals surface area (Å²) < 4.78 is 25.8. The molecule has 0 aliphatic rings. The summed E-state index contributed by atoms with van der Waals surface area (Å²) >= 11 is 4.81. The highest BCUT2D eigenvalue weighted by Gasteiger charge is 2.33. The molecule has 0 amide bonds. The normalized spacial score (nSPS) is 16.4. The van der Waals surface area contributed by atoms with Gasteiger partial charge in [0.2, 0.25) is 10.0 Å². The lowest BCUT2D eigenvalue weighted by Gasteiger charge is -2.30. The molecule has 0 bridgehead atoms. The van der Waals surface area contributed by atoms with Crippen LogP contribution in [0.3, 0.4) is 0 Å². The van der Waals surface area contributed by atoms with Gasteiger partial charge in [0.1, 0.15) is 5.25 Å². The van der Waals surface area contributed by atoms with Crippen LogP contribution in [0.15, 0.2) is 0 Å². The standard InChI is InChI=1S/C10H22N2O2S2/c1-6-9(10(11)15)16(13,14)12(5)8(4)7(2)3/h7-9H,6H2,1-5H3,(H2,11,15). The van der Waals surface area contributed by atoms with E-state index in [0.717, 1.165) is 0 Å². The summed E-state index contributed by atoms with van der Waals surface area (Å²) in [7, 11) is -1.84. The molecule has 0 aromatic heterocycles. The van der Waals surface area contributed by atoms with Crippen molar-refractivity contribution in [2.45, 2.75) is 45.4 Å². The summed E-state index contributed by atoms with van der Waals surface area (Å²) in [5, 5.41) is -0.756. The van der Waals surface area contributed by atoms with Crippen LogP contribution in [0, 0.1) is 5.92 Å². The smallest absolute Gasteiger partial charge is 0.223 e. The number of rotatable bonds is 6.